The summed E-state index contributed by atoms with van der Waals surface area (Å²) in [6.07, 6.45) is 6.31. The Morgan fingerprint density at radius 2 is 1.83 bits per heavy atom. The Morgan fingerprint density at radius 1 is 1.04 bits per heavy atom. The Balaban J connectivity index is 1.29. The first kappa shape index (κ1) is 14.6. The van der Waals surface area contributed by atoms with Gasteiger partial charge in [0, 0.05) is 32.1 Å². The van der Waals surface area contributed by atoms with Gasteiger partial charge in [-0.2, -0.15) is 0 Å². The lowest BCUT2D eigenvalue weighted by Gasteiger charge is -2.37. The van der Waals surface area contributed by atoms with E-state index in [9.17, 15) is 9.59 Å². The molecule has 0 radical (unpaired) electrons. The summed E-state index contributed by atoms with van der Waals surface area (Å²) in [7, 11) is 0. The zero-order valence-corrected chi connectivity index (χ0v) is 13.2. The molecule has 1 aromatic rings. The van der Waals surface area contributed by atoms with Gasteiger partial charge in [0.15, 0.2) is 0 Å². The van der Waals surface area contributed by atoms with E-state index < -0.39 is 0 Å². The van der Waals surface area contributed by atoms with Crippen molar-refractivity contribution in [1.29, 1.82) is 0 Å². The summed E-state index contributed by atoms with van der Waals surface area (Å²) in [5.41, 5.74) is 0. The van der Waals surface area contributed by atoms with Gasteiger partial charge in [0.25, 0.3) is 0 Å². The normalized spacial score (nSPS) is 30.0. The number of nitrogens with zero attached hydrogens (tertiary/aromatic N) is 6. The Hall–Kier alpha value is -1.99. The molecule has 2 heterocycles. The van der Waals surface area contributed by atoms with Crippen LogP contribution in [0.1, 0.15) is 25.7 Å². The average Bonchev–Trinajstić information content (AvgIpc) is 3.32. The quantitative estimate of drug-likeness (QED) is 0.769. The molecule has 1 aliphatic heterocycles. The molecule has 3 fully saturated rings. The molecule has 8 heteroatoms. The summed E-state index contributed by atoms with van der Waals surface area (Å²) < 4.78 is 1.43. The molecule has 3 unspecified atom stereocenters. The Kier molecular flexibility index (Phi) is 3.74. The van der Waals surface area contributed by atoms with Gasteiger partial charge in [-0.05, 0) is 41.5 Å². The predicted molar refractivity (Wildman–Crippen MR) is 79.9 cm³/mol. The minimum absolute atomic E-state index is 0.00400. The molecule has 0 spiro atoms. The molecule has 3 aliphatic rings. The van der Waals surface area contributed by atoms with Gasteiger partial charge in [0.1, 0.15) is 12.9 Å². The van der Waals surface area contributed by atoms with Crippen LogP contribution in [0.5, 0.6) is 0 Å². The highest BCUT2D eigenvalue weighted by molar-refractivity contribution is 5.80. The first-order valence-corrected chi connectivity index (χ1v) is 8.48. The number of hydrogen-bond donors (Lipinski definition) is 0. The highest BCUT2D eigenvalue weighted by Gasteiger charge is 2.44. The number of piperazine rings is 1. The molecular weight excluding hydrogens is 296 g/mol. The SMILES string of the molecule is O=C(Cn1cnnn1)N1CCN(C(=O)C2CC3CCC2C3)CC1. The van der Waals surface area contributed by atoms with Crippen molar-refractivity contribution in [2.45, 2.75) is 32.2 Å². The molecule has 0 N–H and O–H groups in total. The van der Waals surface area contributed by atoms with Crippen molar-refractivity contribution in [2.75, 3.05) is 26.2 Å². The molecule has 2 saturated carbocycles. The number of fused-ring (bicyclic) bond motifs is 2. The first-order valence-electron chi connectivity index (χ1n) is 8.48. The standard InChI is InChI=1S/C15H22N6O2/c22-14(9-21-10-16-17-18-21)19-3-5-20(6-4-19)15(23)13-8-11-1-2-12(13)7-11/h10-13H,1-9H2. The number of tetrazole rings is 1. The predicted octanol–water partition coefficient (Wildman–Crippen LogP) is -0.220. The summed E-state index contributed by atoms with van der Waals surface area (Å²) in [5.74, 6) is 1.98. The van der Waals surface area contributed by atoms with E-state index in [1.54, 1.807) is 4.90 Å². The van der Waals surface area contributed by atoms with Crippen LogP contribution in [0.3, 0.4) is 0 Å². The van der Waals surface area contributed by atoms with E-state index in [0.29, 0.717) is 38.0 Å². The summed E-state index contributed by atoms with van der Waals surface area (Å²) in [5, 5.41) is 10.8. The topological polar surface area (TPSA) is 84.2 Å². The second-order valence-corrected chi connectivity index (χ2v) is 6.99. The van der Waals surface area contributed by atoms with Crippen LogP contribution in [0.4, 0.5) is 0 Å². The van der Waals surface area contributed by atoms with E-state index in [4.69, 9.17) is 0 Å². The molecule has 0 aromatic carbocycles. The van der Waals surface area contributed by atoms with Crippen molar-refractivity contribution in [3.63, 3.8) is 0 Å². The number of hydrogen-bond acceptors (Lipinski definition) is 5. The van der Waals surface area contributed by atoms with Crippen LogP contribution < -0.4 is 0 Å². The maximum absolute atomic E-state index is 12.7. The van der Waals surface area contributed by atoms with E-state index >= 15 is 0 Å². The zero-order chi connectivity index (χ0) is 15.8. The van der Waals surface area contributed by atoms with Gasteiger partial charge in [-0.3, -0.25) is 9.59 Å². The van der Waals surface area contributed by atoms with Gasteiger partial charge in [-0.25, -0.2) is 4.68 Å². The fourth-order valence-electron chi connectivity index (χ4n) is 4.45. The largest absolute Gasteiger partial charge is 0.339 e. The number of rotatable bonds is 3. The van der Waals surface area contributed by atoms with Crippen molar-refractivity contribution < 1.29 is 9.59 Å². The van der Waals surface area contributed by atoms with Gasteiger partial charge >= 0.3 is 0 Å². The lowest BCUT2D eigenvalue weighted by atomic mass is 9.87. The lowest BCUT2D eigenvalue weighted by Crippen LogP contribution is -2.53. The summed E-state index contributed by atoms with van der Waals surface area (Å²) in [6.45, 7) is 2.66. The molecule has 2 bridgehead atoms. The number of carbonyl (C=O) groups is 2. The van der Waals surface area contributed by atoms with Gasteiger partial charge in [0.2, 0.25) is 11.8 Å². The van der Waals surface area contributed by atoms with Crippen molar-refractivity contribution in [3.05, 3.63) is 6.33 Å². The van der Waals surface area contributed by atoms with Gasteiger partial charge in [-0.15, -0.1) is 5.10 Å². The third-order valence-corrected chi connectivity index (χ3v) is 5.69. The van der Waals surface area contributed by atoms with E-state index in [0.717, 1.165) is 12.3 Å². The van der Waals surface area contributed by atoms with E-state index in [1.165, 1.54) is 30.3 Å². The molecule has 4 rings (SSSR count). The summed E-state index contributed by atoms with van der Waals surface area (Å²) >= 11 is 0. The first-order chi connectivity index (χ1) is 11.2. The fourth-order valence-corrected chi connectivity index (χ4v) is 4.45. The molecule has 3 atom stereocenters. The third-order valence-electron chi connectivity index (χ3n) is 5.69. The summed E-state index contributed by atoms with van der Waals surface area (Å²) in [4.78, 5) is 28.7. The highest BCUT2D eigenvalue weighted by Crippen LogP contribution is 2.48. The van der Waals surface area contributed by atoms with Crippen LogP contribution >= 0.6 is 0 Å². The smallest absolute Gasteiger partial charge is 0.244 e. The monoisotopic (exact) mass is 318 g/mol. The Bertz CT molecular complexity index is 581. The molecule has 1 saturated heterocycles. The Labute approximate surface area is 134 Å². The van der Waals surface area contributed by atoms with Crippen LogP contribution in [-0.2, 0) is 16.1 Å². The third kappa shape index (κ3) is 2.82. The molecule has 2 aliphatic carbocycles. The molecule has 1 aromatic heterocycles. The fraction of sp³-hybridized carbons (Fsp3) is 0.800. The van der Waals surface area contributed by atoms with E-state index in [2.05, 4.69) is 15.5 Å². The molecule has 23 heavy (non-hydrogen) atoms. The maximum atomic E-state index is 12.7. The van der Waals surface area contributed by atoms with Crippen molar-refractivity contribution in [2.24, 2.45) is 17.8 Å². The average molecular weight is 318 g/mol. The van der Waals surface area contributed by atoms with Crippen molar-refractivity contribution in [1.82, 2.24) is 30.0 Å². The minimum atomic E-state index is 0.00400. The van der Waals surface area contributed by atoms with Crippen molar-refractivity contribution >= 4 is 11.8 Å². The van der Waals surface area contributed by atoms with Crippen LogP contribution in [0.2, 0.25) is 0 Å². The molecule has 8 nitrogen and oxygen atoms in total. The maximum Gasteiger partial charge on any atom is 0.244 e. The Morgan fingerprint density at radius 3 is 2.43 bits per heavy atom. The van der Waals surface area contributed by atoms with Crippen LogP contribution in [0.15, 0.2) is 6.33 Å². The minimum Gasteiger partial charge on any atom is -0.339 e. The van der Waals surface area contributed by atoms with Crippen LogP contribution in [0, 0.1) is 17.8 Å². The molecular formula is C15H22N6O2. The highest BCUT2D eigenvalue weighted by atomic mass is 16.2. The number of aromatic nitrogens is 4. The van der Waals surface area contributed by atoms with Crippen molar-refractivity contribution in [3.8, 4) is 0 Å². The van der Waals surface area contributed by atoms with E-state index in [1.807, 2.05) is 4.90 Å². The second-order valence-electron chi connectivity index (χ2n) is 6.99. The molecule has 124 valence electrons. The lowest BCUT2D eigenvalue weighted by molar-refractivity contribution is -0.143. The summed E-state index contributed by atoms with van der Waals surface area (Å²) in [6, 6.07) is 0. The zero-order valence-electron chi connectivity index (χ0n) is 13.2. The van der Waals surface area contributed by atoms with Gasteiger partial charge < -0.3 is 9.80 Å². The number of carbonyl (C=O) groups excluding carboxylic acids is 2. The van der Waals surface area contributed by atoms with Crippen LogP contribution in [0.25, 0.3) is 0 Å². The van der Waals surface area contributed by atoms with E-state index in [-0.39, 0.29) is 18.4 Å². The van der Waals surface area contributed by atoms with Crippen LogP contribution in [-0.4, -0.2) is 68.0 Å². The van der Waals surface area contributed by atoms with Gasteiger partial charge in [-0.1, -0.05) is 6.42 Å². The second kappa shape index (κ2) is 5.90. The number of amides is 2. The van der Waals surface area contributed by atoms with Gasteiger partial charge in [0.05, 0.1) is 0 Å². The molecule has 2 amide bonds.